The number of carbonyl (C=O) groups excluding carboxylic acids is 2. The third-order valence-corrected chi connectivity index (χ3v) is 2.81. The van der Waals surface area contributed by atoms with Crippen LogP contribution in [0.2, 0.25) is 0 Å². The van der Waals surface area contributed by atoms with Gasteiger partial charge in [-0.3, -0.25) is 9.59 Å². The summed E-state index contributed by atoms with van der Waals surface area (Å²) in [7, 11) is 0. The van der Waals surface area contributed by atoms with E-state index in [1.165, 1.54) is 0 Å². The third kappa shape index (κ3) is 1.93. The van der Waals surface area contributed by atoms with Crippen molar-refractivity contribution in [3.05, 3.63) is 10.4 Å². The maximum Gasteiger partial charge on any atom is 0.146 e. The number of hydrogen-bond acceptors (Lipinski definition) is 3. The molecule has 0 radical (unpaired) electrons. The Kier molecular flexibility index (Phi) is 3.25. The van der Waals surface area contributed by atoms with E-state index in [1.54, 1.807) is 6.92 Å². The molecule has 0 bridgehead atoms. The molecule has 0 unspecified atom stereocenters. The largest absolute Gasteiger partial charge is 0.299 e. The number of nitrogens with zero attached hydrogens (tertiary/aromatic N) is 3. The number of Topliss-reactive ketones (excluding diaryl/α,β-unsaturated/α-hetero) is 2. The van der Waals surface area contributed by atoms with Crippen LogP contribution in [0.15, 0.2) is 5.11 Å². The minimum Gasteiger partial charge on any atom is -0.299 e. The van der Waals surface area contributed by atoms with Gasteiger partial charge in [0.25, 0.3) is 0 Å². The first-order valence-corrected chi connectivity index (χ1v) is 4.69. The summed E-state index contributed by atoms with van der Waals surface area (Å²) in [6.07, 6.45) is 1.84. The molecule has 0 spiro atoms. The maximum atomic E-state index is 11.4. The topological polar surface area (TPSA) is 82.9 Å². The molecule has 1 saturated carbocycles. The van der Waals surface area contributed by atoms with Gasteiger partial charge in [0.15, 0.2) is 0 Å². The van der Waals surface area contributed by atoms with Crippen LogP contribution >= 0.6 is 0 Å². The number of ketones is 2. The Balaban J connectivity index is 2.52. The van der Waals surface area contributed by atoms with Crippen molar-refractivity contribution in [2.75, 3.05) is 6.54 Å². The van der Waals surface area contributed by atoms with E-state index in [2.05, 4.69) is 10.0 Å². The van der Waals surface area contributed by atoms with Crippen LogP contribution in [0.25, 0.3) is 10.4 Å². The highest BCUT2D eigenvalue weighted by Gasteiger charge is 2.44. The van der Waals surface area contributed by atoms with Crippen LogP contribution in [-0.4, -0.2) is 18.1 Å². The molecule has 0 aliphatic heterocycles. The van der Waals surface area contributed by atoms with Gasteiger partial charge in [0.1, 0.15) is 11.6 Å². The predicted octanol–water partition coefficient (Wildman–Crippen LogP) is 2.02. The van der Waals surface area contributed by atoms with Gasteiger partial charge >= 0.3 is 0 Å². The van der Waals surface area contributed by atoms with Crippen LogP contribution in [-0.2, 0) is 9.59 Å². The first kappa shape index (κ1) is 10.7. The zero-order valence-electron chi connectivity index (χ0n) is 8.19. The molecular formula is C9H13N3O2. The summed E-state index contributed by atoms with van der Waals surface area (Å²) in [6.45, 7) is 2.05. The van der Waals surface area contributed by atoms with Crippen molar-refractivity contribution in [3.63, 3.8) is 0 Å². The van der Waals surface area contributed by atoms with Gasteiger partial charge < -0.3 is 0 Å². The smallest absolute Gasteiger partial charge is 0.146 e. The summed E-state index contributed by atoms with van der Waals surface area (Å²) in [6, 6.07) is 0. The van der Waals surface area contributed by atoms with Crippen LogP contribution in [0.5, 0.6) is 0 Å². The highest BCUT2D eigenvalue weighted by molar-refractivity contribution is 6.12. The van der Waals surface area contributed by atoms with E-state index in [-0.39, 0.29) is 11.6 Å². The molecule has 1 fully saturated rings. The van der Waals surface area contributed by atoms with E-state index in [9.17, 15) is 9.59 Å². The minimum absolute atomic E-state index is 0.0310. The third-order valence-electron chi connectivity index (χ3n) is 2.81. The van der Waals surface area contributed by atoms with E-state index in [0.29, 0.717) is 32.2 Å². The summed E-state index contributed by atoms with van der Waals surface area (Å²) in [5.41, 5.74) is 7.25. The Morgan fingerprint density at radius 3 is 2.50 bits per heavy atom. The lowest BCUT2D eigenvalue weighted by molar-refractivity contribution is -0.134. The Morgan fingerprint density at radius 1 is 1.43 bits per heavy atom. The van der Waals surface area contributed by atoms with Gasteiger partial charge in [-0.1, -0.05) is 5.11 Å². The fraction of sp³-hybridized carbons (Fsp3) is 0.778. The highest BCUT2D eigenvalue weighted by atomic mass is 16.2. The van der Waals surface area contributed by atoms with Crippen molar-refractivity contribution >= 4 is 11.6 Å². The number of hydrogen-bond donors (Lipinski definition) is 0. The number of azide groups is 1. The van der Waals surface area contributed by atoms with Crippen molar-refractivity contribution in [1.29, 1.82) is 0 Å². The molecule has 1 aliphatic carbocycles. The molecule has 0 heterocycles. The van der Waals surface area contributed by atoms with Crippen molar-refractivity contribution in [3.8, 4) is 0 Å². The summed E-state index contributed by atoms with van der Waals surface area (Å²) >= 11 is 0. The van der Waals surface area contributed by atoms with Crippen molar-refractivity contribution in [1.82, 2.24) is 0 Å². The zero-order valence-corrected chi connectivity index (χ0v) is 8.19. The van der Waals surface area contributed by atoms with Crippen molar-refractivity contribution in [2.24, 2.45) is 10.5 Å². The van der Waals surface area contributed by atoms with Gasteiger partial charge in [-0.15, -0.1) is 0 Å². The zero-order chi connectivity index (χ0) is 10.6. The molecule has 5 nitrogen and oxygen atoms in total. The Hall–Kier alpha value is -1.35. The predicted molar refractivity (Wildman–Crippen MR) is 50.6 cm³/mol. The maximum absolute atomic E-state index is 11.4. The number of rotatable bonds is 4. The number of carbonyl (C=O) groups is 2. The Morgan fingerprint density at radius 2 is 2.00 bits per heavy atom. The lowest BCUT2D eigenvalue weighted by atomic mass is 9.82. The highest BCUT2D eigenvalue weighted by Crippen LogP contribution is 2.35. The molecule has 1 aliphatic rings. The molecule has 76 valence electrons. The van der Waals surface area contributed by atoms with Gasteiger partial charge in [-0.2, -0.15) is 0 Å². The van der Waals surface area contributed by atoms with Crippen molar-refractivity contribution in [2.45, 2.75) is 32.6 Å². The van der Waals surface area contributed by atoms with E-state index in [0.717, 1.165) is 0 Å². The van der Waals surface area contributed by atoms with Crippen LogP contribution < -0.4 is 0 Å². The minimum atomic E-state index is -0.801. The molecule has 0 amide bonds. The molecule has 0 aromatic carbocycles. The van der Waals surface area contributed by atoms with E-state index < -0.39 is 5.41 Å². The molecule has 0 aromatic rings. The monoisotopic (exact) mass is 195 g/mol. The van der Waals surface area contributed by atoms with Crippen LogP contribution in [0.1, 0.15) is 32.6 Å². The molecule has 1 rings (SSSR count). The molecular weight excluding hydrogens is 182 g/mol. The molecule has 5 heteroatoms. The van der Waals surface area contributed by atoms with E-state index in [4.69, 9.17) is 5.53 Å². The fourth-order valence-corrected chi connectivity index (χ4v) is 1.76. The standard InChI is InChI=1S/C9H13N3O2/c1-9(5-2-6-11-12-10)7(13)3-4-8(9)14/h2-6H2,1H3. The molecule has 0 N–H and O–H groups in total. The second-order valence-electron chi connectivity index (χ2n) is 3.74. The van der Waals surface area contributed by atoms with Gasteiger partial charge in [0.2, 0.25) is 0 Å². The van der Waals surface area contributed by atoms with Gasteiger partial charge in [0.05, 0.1) is 5.41 Å². The first-order valence-electron chi connectivity index (χ1n) is 4.69. The first-order chi connectivity index (χ1) is 6.61. The summed E-state index contributed by atoms with van der Waals surface area (Å²) < 4.78 is 0. The van der Waals surface area contributed by atoms with Gasteiger partial charge in [-0.25, -0.2) is 0 Å². The summed E-state index contributed by atoms with van der Waals surface area (Å²) in [4.78, 5) is 25.5. The second kappa shape index (κ2) is 4.24. The summed E-state index contributed by atoms with van der Waals surface area (Å²) in [5.74, 6) is 0.0619. The molecule has 0 aromatic heterocycles. The van der Waals surface area contributed by atoms with Gasteiger partial charge in [-0.05, 0) is 25.3 Å². The lowest BCUT2D eigenvalue weighted by Crippen LogP contribution is -2.29. The van der Waals surface area contributed by atoms with Gasteiger partial charge in [0, 0.05) is 24.3 Å². The normalized spacial score (nSPS) is 19.5. The van der Waals surface area contributed by atoms with E-state index in [1.807, 2.05) is 0 Å². The molecule has 14 heavy (non-hydrogen) atoms. The SMILES string of the molecule is CC1(CCCN=[N+]=[N-])C(=O)CCC1=O. The quantitative estimate of drug-likeness (QED) is 0.226. The molecule has 0 atom stereocenters. The van der Waals surface area contributed by atoms with Crippen LogP contribution in [0.4, 0.5) is 0 Å². The van der Waals surface area contributed by atoms with Crippen LogP contribution in [0, 0.1) is 5.41 Å². The average Bonchev–Trinajstić information content (AvgIpc) is 2.42. The summed E-state index contributed by atoms with van der Waals surface area (Å²) in [5, 5.41) is 3.37. The van der Waals surface area contributed by atoms with Crippen LogP contribution in [0.3, 0.4) is 0 Å². The van der Waals surface area contributed by atoms with E-state index >= 15 is 0 Å². The average molecular weight is 195 g/mol. The Bertz CT molecular complexity index is 289. The van der Waals surface area contributed by atoms with Crippen molar-refractivity contribution < 1.29 is 9.59 Å². The molecule has 0 saturated heterocycles. The Labute approximate surface area is 82.1 Å². The fourth-order valence-electron chi connectivity index (χ4n) is 1.76. The lowest BCUT2D eigenvalue weighted by Gasteiger charge is -2.19. The second-order valence-corrected chi connectivity index (χ2v) is 3.74.